The van der Waals surface area contributed by atoms with Crippen molar-refractivity contribution in [3.8, 4) is 22.4 Å². The van der Waals surface area contributed by atoms with E-state index < -0.39 is 0 Å². The Morgan fingerprint density at radius 3 is 2.39 bits per heavy atom. The fraction of sp³-hybridized carbons (Fsp3) is 0.182. The predicted octanol–water partition coefficient (Wildman–Crippen LogP) is 3.43. The monoisotopic (exact) mass is 374 g/mol. The highest BCUT2D eigenvalue weighted by Gasteiger charge is 2.39. The van der Waals surface area contributed by atoms with Gasteiger partial charge < -0.3 is 10.5 Å². The summed E-state index contributed by atoms with van der Waals surface area (Å²) in [6, 6.07) is 14.5. The molecule has 0 saturated carbocycles. The summed E-state index contributed by atoms with van der Waals surface area (Å²) in [7, 11) is 0. The van der Waals surface area contributed by atoms with Gasteiger partial charge in [0.1, 0.15) is 11.5 Å². The van der Waals surface area contributed by atoms with Gasteiger partial charge in [-0.1, -0.05) is 6.07 Å². The van der Waals surface area contributed by atoms with Crippen molar-refractivity contribution >= 4 is 5.52 Å². The minimum Gasteiger partial charge on any atom is -0.379 e. The SMILES string of the molecule is NCC1(c2ccc3c(-c4ccncc4)c(-c4ccc(F)cc4)nn3c2)COC1. The average molecular weight is 374 g/mol. The maximum atomic E-state index is 13.4. The Bertz CT molecular complexity index is 1130. The van der Waals surface area contributed by atoms with Crippen LogP contribution in [-0.2, 0) is 10.2 Å². The van der Waals surface area contributed by atoms with Gasteiger partial charge in [-0.15, -0.1) is 0 Å². The molecular formula is C22H19FN4O. The largest absolute Gasteiger partial charge is 0.379 e. The molecule has 6 heteroatoms. The van der Waals surface area contributed by atoms with Gasteiger partial charge in [-0.25, -0.2) is 8.91 Å². The van der Waals surface area contributed by atoms with Crippen LogP contribution in [0, 0.1) is 5.82 Å². The van der Waals surface area contributed by atoms with Gasteiger partial charge in [0.2, 0.25) is 0 Å². The highest BCUT2D eigenvalue weighted by atomic mass is 19.1. The molecule has 1 fully saturated rings. The van der Waals surface area contributed by atoms with Gasteiger partial charge in [-0.2, -0.15) is 5.10 Å². The van der Waals surface area contributed by atoms with Gasteiger partial charge in [0.05, 0.1) is 24.1 Å². The maximum absolute atomic E-state index is 13.4. The van der Waals surface area contributed by atoms with Crippen LogP contribution in [0.15, 0.2) is 67.1 Å². The van der Waals surface area contributed by atoms with Crippen LogP contribution in [0.2, 0.25) is 0 Å². The van der Waals surface area contributed by atoms with E-state index in [2.05, 4.69) is 17.1 Å². The van der Waals surface area contributed by atoms with E-state index in [1.165, 1.54) is 12.1 Å². The van der Waals surface area contributed by atoms with Gasteiger partial charge in [0.25, 0.3) is 0 Å². The molecule has 2 N–H and O–H groups in total. The number of hydrogen-bond donors (Lipinski definition) is 1. The molecule has 1 aliphatic rings. The van der Waals surface area contributed by atoms with Crippen LogP contribution >= 0.6 is 0 Å². The molecule has 0 spiro atoms. The second-order valence-corrected chi connectivity index (χ2v) is 7.19. The molecule has 28 heavy (non-hydrogen) atoms. The van der Waals surface area contributed by atoms with Crippen molar-refractivity contribution in [2.45, 2.75) is 5.41 Å². The molecule has 0 bridgehead atoms. The first-order valence-corrected chi connectivity index (χ1v) is 9.17. The Labute approximate surface area is 161 Å². The zero-order valence-electron chi connectivity index (χ0n) is 15.2. The molecule has 1 saturated heterocycles. The summed E-state index contributed by atoms with van der Waals surface area (Å²) in [4.78, 5) is 4.12. The Balaban J connectivity index is 1.74. The van der Waals surface area contributed by atoms with E-state index in [-0.39, 0.29) is 11.2 Å². The lowest BCUT2D eigenvalue weighted by molar-refractivity contribution is -0.0552. The van der Waals surface area contributed by atoms with Crippen LogP contribution in [0.5, 0.6) is 0 Å². The van der Waals surface area contributed by atoms with E-state index in [0.29, 0.717) is 19.8 Å². The second-order valence-electron chi connectivity index (χ2n) is 7.19. The number of rotatable bonds is 4. The van der Waals surface area contributed by atoms with Gasteiger partial charge in [0.15, 0.2) is 0 Å². The molecule has 0 unspecified atom stereocenters. The Hall–Kier alpha value is -3.09. The molecule has 4 heterocycles. The molecule has 4 aromatic rings. The van der Waals surface area contributed by atoms with Crippen molar-refractivity contribution in [1.82, 2.24) is 14.6 Å². The van der Waals surface area contributed by atoms with Crippen LogP contribution in [-0.4, -0.2) is 34.4 Å². The molecular weight excluding hydrogens is 355 g/mol. The number of benzene rings is 1. The van der Waals surface area contributed by atoms with Crippen molar-refractivity contribution in [3.05, 3.63) is 78.5 Å². The smallest absolute Gasteiger partial charge is 0.123 e. The summed E-state index contributed by atoms with van der Waals surface area (Å²) in [5.74, 6) is -0.268. The minimum atomic E-state index is -0.268. The number of fused-ring (bicyclic) bond motifs is 1. The van der Waals surface area contributed by atoms with Gasteiger partial charge in [0, 0.05) is 36.3 Å². The van der Waals surface area contributed by atoms with E-state index in [9.17, 15) is 4.39 Å². The number of nitrogens with zero attached hydrogens (tertiary/aromatic N) is 3. The van der Waals surface area contributed by atoms with Crippen LogP contribution < -0.4 is 5.73 Å². The molecule has 0 radical (unpaired) electrons. The highest BCUT2D eigenvalue weighted by Crippen LogP contribution is 2.37. The van der Waals surface area contributed by atoms with Gasteiger partial charge in [-0.3, -0.25) is 4.98 Å². The van der Waals surface area contributed by atoms with Crippen molar-refractivity contribution in [2.75, 3.05) is 19.8 Å². The van der Waals surface area contributed by atoms with Crippen molar-refractivity contribution in [3.63, 3.8) is 0 Å². The first-order valence-electron chi connectivity index (χ1n) is 9.17. The van der Waals surface area contributed by atoms with Crippen LogP contribution in [0.3, 0.4) is 0 Å². The number of hydrogen-bond acceptors (Lipinski definition) is 4. The highest BCUT2D eigenvalue weighted by molar-refractivity contribution is 5.92. The zero-order valence-corrected chi connectivity index (χ0v) is 15.2. The molecule has 5 rings (SSSR count). The van der Waals surface area contributed by atoms with Crippen LogP contribution in [0.4, 0.5) is 4.39 Å². The zero-order chi connectivity index (χ0) is 19.1. The summed E-state index contributed by atoms with van der Waals surface area (Å²) in [5, 5.41) is 4.85. The Morgan fingerprint density at radius 2 is 1.75 bits per heavy atom. The first-order chi connectivity index (χ1) is 13.7. The third-order valence-corrected chi connectivity index (χ3v) is 5.48. The Morgan fingerprint density at radius 1 is 1.00 bits per heavy atom. The summed E-state index contributed by atoms with van der Waals surface area (Å²) < 4.78 is 20.8. The molecule has 1 aromatic carbocycles. The number of aromatic nitrogens is 3. The van der Waals surface area contributed by atoms with Gasteiger partial charge in [-0.05, 0) is 53.6 Å². The lowest BCUT2D eigenvalue weighted by Crippen LogP contribution is -2.52. The topological polar surface area (TPSA) is 65.4 Å². The lowest BCUT2D eigenvalue weighted by Gasteiger charge is -2.40. The maximum Gasteiger partial charge on any atom is 0.123 e. The molecule has 3 aromatic heterocycles. The molecule has 5 nitrogen and oxygen atoms in total. The van der Waals surface area contributed by atoms with Gasteiger partial charge >= 0.3 is 0 Å². The fourth-order valence-corrected chi connectivity index (χ4v) is 3.73. The number of halogens is 1. The predicted molar refractivity (Wildman–Crippen MR) is 105 cm³/mol. The second kappa shape index (κ2) is 6.51. The number of ether oxygens (including phenoxy) is 1. The van der Waals surface area contributed by atoms with Crippen molar-refractivity contribution in [2.24, 2.45) is 5.73 Å². The van der Waals surface area contributed by atoms with Crippen molar-refractivity contribution in [1.29, 1.82) is 0 Å². The summed E-state index contributed by atoms with van der Waals surface area (Å²) in [5.41, 5.74) is 11.6. The summed E-state index contributed by atoms with van der Waals surface area (Å²) >= 11 is 0. The molecule has 0 atom stereocenters. The lowest BCUT2D eigenvalue weighted by atomic mass is 9.79. The summed E-state index contributed by atoms with van der Waals surface area (Å²) in [6.45, 7) is 1.78. The fourth-order valence-electron chi connectivity index (χ4n) is 3.73. The standard InChI is InChI=1S/C22H19FN4O/c23-18-4-1-16(2-5-18)21-20(15-7-9-25-10-8-15)19-6-3-17(11-27(19)26-21)22(12-24)13-28-14-22/h1-11H,12-14,24H2. The molecule has 1 aliphatic heterocycles. The van der Waals surface area contributed by atoms with E-state index in [1.807, 2.05) is 22.8 Å². The number of nitrogens with two attached hydrogens (primary N) is 1. The third kappa shape index (κ3) is 2.61. The molecule has 0 amide bonds. The molecule has 0 aliphatic carbocycles. The number of pyridine rings is 2. The first kappa shape index (κ1) is 17.0. The third-order valence-electron chi connectivity index (χ3n) is 5.48. The molecule has 140 valence electrons. The minimum absolute atomic E-state index is 0.146. The van der Waals surface area contributed by atoms with E-state index >= 15 is 0 Å². The van der Waals surface area contributed by atoms with Crippen LogP contribution in [0.25, 0.3) is 27.9 Å². The van der Waals surface area contributed by atoms with Crippen molar-refractivity contribution < 1.29 is 9.13 Å². The quantitative estimate of drug-likeness (QED) is 0.594. The summed E-state index contributed by atoms with van der Waals surface area (Å²) in [6.07, 6.45) is 5.55. The Kier molecular flexibility index (Phi) is 3.96. The van der Waals surface area contributed by atoms with E-state index in [1.54, 1.807) is 24.5 Å². The van der Waals surface area contributed by atoms with Crippen LogP contribution in [0.1, 0.15) is 5.56 Å². The average Bonchev–Trinajstić information content (AvgIpc) is 3.08. The van der Waals surface area contributed by atoms with E-state index in [4.69, 9.17) is 15.6 Å². The normalized spacial score (nSPS) is 15.5. The van der Waals surface area contributed by atoms with E-state index in [0.717, 1.165) is 33.5 Å².